The average Bonchev–Trinajstić information content (AvgIpc) is 1.68. The van der Waals surface area contributed by atoms with Crippen molar-refractivity contribution in [1.82, 2.24) is 0 Å². The molecule has 8 heavy (non-hydrogen) atoms. The molecule has 0 saturated carbocycles. The van der Waals surface area contributed by atoms with Gasteiger partial charge in [-0.05, 0) is 6.42 Å². The van der Waals surface area contributed by atoms with Crippen LogP contribution in [0.5, 0.6) is 0 Å². The van der Waals surface area contributed by atoms with Crippen LogP contribution in [0, 0.1) is 0 Å². The highest BCUT2D eigenvalue weighted by Crippen LogP contribution is 1.86. The Labute approximate surface area is 49.2 Å². The Hall–Kier alpha value is -0.570. The molecule has 0 heterocycles. The fourth-order valence-corrected chi connectivity index (χ4v) is 0.250. The third-order valence-electron chi connectivity index (χ3n) is 0.556. The van der Waals surface area contributed by atoms with Crippen LogP contribution in [0.25, 0.3) is 0 Å². The summed E-state index contributed by atoms with van der Waals surface area (Å²) in [5.41, 5.74) is 0. The zero-order chi connectivity index (χ0) is 5.70. The molecule has 3 nitrogen and oxygen atoms in total. The summed E-state index contributed by atoms with van der Waals surface area (Å²) in [6, 6.07) is 0. The largest absolute Gasteiger partial charge is 0.342 e. The standard InChI is InChI=1S/C4H8O3.CH4/c1-2-3-4(5)7-6;/h6H,2-3H2,1H3;1H4. The summed E-state index contributed by atoms with van der Waals surface area (Å²) in [5, 5.41) is 7.62. The van der Waals surface area contributed by atoms with Crippen molar-refractivity contribution < 1.29 is 14.9 Å². The Kier molecular flexibility index (Phi) is 8.37. The minimum Gasteiger partial charge on any atom is -0.301 e. The quantitative estimate of drug-likeness (QED) is 0.443. The Bertz CT molecular complexity index is 60.7. The van der Waals surface area contributed by atoms with Gasteiger partial charge in [-0.2, -0.15) is 5.26 Å². The molecule has 3 heteroatoms. The van der Waals surface area contributed by atoms with Gasteiger partial charge in [-0.15, -0.1) is 0 Å². The van der Waals surface area contributed by atoms with E-state index >= 15 is 0 Å². The highest BCUT2D eigenvalue weighted by atomic mass is 17.1. The molecule has 1 N–H and O–H groups in total. The number of carbonyl (C=O) groups excluding carboxylic acids is 1. The number of hydrogen-bond acceptors (Lipinski definition) is 3. The van der Waals surface area contributed by atoms with E-state index in [1.54, 1.807) is 0 Å². The summed E-state index contributed by atoms with van der Waals surface area (Å²) < 4.78 is 0. The molecule has 0 fully saturated rings. The van der Waals surface area contributed by atoms with Crippen molar-refractivity contribution >= 4 is 5.97 Å². The smallest absolute Gasteiger partial charge is 0.301 e. The summed E-state index contributed by atoms with van der Waals surface area (Å²) in [4.78, 5) is 13.3. The normalized spacial score (nSPS) is 7.25. The highest BCUT2D eigenvalue weighted by molar-refractivity contribution is 5.68. The summed E-state index contributed by atoms with van der Waals surface area (Å²) >= 11 is 0. The van der Waals surface area contributed by atoms with Gasteiger partial charge in [0.1, 0.15) is 0 Å². The SMILES string of the molecule is C.CCCC(=O)OO. The molecule has 0 amide bonds. The third-order valence-corrected chi connectivity index (χ3v) is 0.556. The molecule has 0 saturated heterocycles. The minimum atomic E-state index is -0.567. The molecule has 0 unspecified atom stereocenters. The maximum Gasteiger partial charge on any atom is 0.342 e. The number of hydrogen-bond donors (Lipinski definition) is 1. The number of carbonyl (C=O) groups is 1. The van der Waals surface area contributed by atoms with E-state index in [4.69, 9.17) is 5.26 Å². The van der Waals surface area contributed by atoms with Crippen LogP contribution in [0.2, 0.25) is 0 Å². The van der Waals surface area contributed by atoms with Gasteiger partial charge in [-0.1, -0.05) is 14.4 Å². The molecular formula is C5H12O3. The van der Waals surface area contributed by atoms with Crippen LogP contribution in [0.15, 0.2) is 0 Å². The van der Waals surface area contributed by atoms with Crippen LogP contribution in [0.3, 0.4) is 0 Å². The molecule has 0 spiro atoms. The average molecular weight is 120 g/mol. The summed E-state index contributed by atoms with van der Waals surface area (Å²) in [6.07, 6.45) is 0.996. The van der Waals surface area contributed by atoms with E-state index in [9.17, 15) is 4.79 Å². The highest BCUT2D eigenvalue weighted by Gasteiger charge is 1.95. The van der Waals surface area contributed by atoms with Crippen LogP contribution in [-0.4, -0.2) is 11.2 Å². The van der Waals surface area contributed by atoms with E-state index < -0.39 is 5.97 Å². The van der Waals surface area contributed by atoms with Gasteiger partial charge in [-0.3, -0.25) is 0 Å². The van der Waals surface area contributed by atoms with Crippen LogP contribution >= 0.6 is 0 Å². The van der Waals surface area contributed by atoms with Crippen molar-refractivity contribution in [2.45, 2.75) is 27.2 Å². The summed E-state index contributed by atoms with van der Waals surface area (Å²) in [7, 11) is 0. The van der Waals surface area contributed by atoms with Gasteiger partial charge in [-0.25, -0.2) is 4.79 Å². The molecule has 50 valence electrons. The first-order valence-electron chi connectivity index (χ1n) is 2.15. The lowest BCUT2D eigenvalue weighted by atomic mass is 10.3. The Balaban J connectivity index is 0. The first kappa shape index (κ1) is 10.4. The second kappa shape index (κ2) is 6.43. The molecule has 0 aliphatic carbocycles. The molecule has 0 rings (SSSR count). The predicted octanol–water partition coefficient (Wildman–Crippen LogP) is 1.44. The van der Waals surface area contributed by atoms with Crippen molar-refractivity contribution in [3.63, 3.8) is 0 Å². The molecule has 0 bridgehead atoms. The van der Waals surface area contributed by atoms with Gasteiger partial charge in [0.25, 0.3) is 0 Å². The van der Waals surface area contributed by atoms with Crippen LogP contribution in [0.4, 0.5) is 0 Å². The topological polar surface area (TPSA) is 46.5 Å². The molecule has 0 aromatic carbocycles. The molecule has 0 aromatic heterocycles. The minimum absolute atomic E-state index is 0. The fraction of sp³-hybridized carbons (Fsp3) is 0.800. The maximum absolute atomic E-state index is 9.94. The van der Waals surface area contributed by atoms with E-state index in [0.717, 1.165) is 0 Å². The zero-order valence-corrected chi connectivity index (χ0v) is 4.18. The monoisotopic (exact) mass is 120 g/mol. The van der Waals surface area contributed by atoms with E-state index in [0.29, 0.717) is 6.42 Å². The molecule has 0 aromatic rings. The molecule has 0 aliphatic heterocycles. The Morgan fingerprint density at radius 3 is 2.38 bits per heavy atom. The van der Waals surface area contributed by atoms with Gasteiger partial charge in [0, 0.05) is 6.42 Å². The lowest BCUT2D eigenvalue weighted by Gasteiger charge is -1.87. The lowest BCUT2D eigenvalue weighted by Crippen LogP contribution is -1.97. The van der Waals surface area contributed by atoms with Crippen LogP contribution in [0.1, 0.15) is 27.2 Å². The fourth-order valence-electron chi connectivity index (χ4n) is 0.250. The van der Waals surface area contributed by atoms with E-state index in [1.807, 2.05) is 6.92 Å². The second-order valence-corrected chi connectivity index (χ2v) is 1.21. The van der Waals surface area contributed by atoms with E-state index in [2.05, 4.69) is 4.89 Å². The van der Waals surface area contributed by atoms with Gasteiger partial charge in [0.05, 0.1) is 0 Å². The van der Waals surface area contributed by atoms with Gasteiger partial charge >= 0.3 is 5.97 Å². The maximum atomic E-state index is 9.94. The zero-order valence-electron chi connectivity index (χ0n) is 4.18. The molecule has 0 atom stereocenters. The van der Waals surface area contributed by atoms with E-state index in [1.165, 1.54) is 0 Å². The summed E-state index contributed by atoms with van der Waals surface area (Å²) in [6.45, 7) is 1.83. The lowest BCUT2D eigenvalue weighted by molar-refractivity contribution is -0.234. The first-order valence-corrected chi connectivity index (χ1v) is 2.15. The van der Waals surface area contributed by atoms with Crippen molar-refractivity contribution in [3.8, 4) is 0 Å². The Morgan fingerprint density at radius 2 is 2.25 bits per heavy atom. The predicted molar refractivity (Wildman–Crippen MR) is 30.4 cm³/mol. The van der Waals surface area contributed by atoms with Crippen molar-refractivity contribution in [2.24, 2.45) is 0 Å². The van der Waals surface area contributed by atoms with Crippen molar-refractivity contribution in [3.05, 3.63) is 0 Å². The van der Waals surface area contributed by atoms with E-state index in [-0.39, 0.29) is 13.8 Å². The van der Waals surface area contributed by atoms with Gasteiger partial charge in [0.15, 0.2) is 0 Å². The molecule has 0 radical (unpaired) electrons. The molecule has 0 aliphatic rings. The van der Waals surface area contributed by atoms with Crippen LogP contribution in [-0.2, 0) is 9.68 Å². The third kappa shape index (κ3) is 5.43. The summed E-state index contributed by atoms with van der Waals surface area (Å²) in [5.74, 6) is -0.567. The van der Waals surface area contributed by atoms with Gasteiger partial charge < -0.3 is 4.89 Å². The Morgan fingerprint density at radius 1 is 1.75 bits per heavy atom. The number of rotatable bonds is 2. The van der Waals surface area contributed by atoms with Crippen molar-refractivity contribution in [1.29, 1.82) is 0 Å². The van der Waals surface area contributed by atoms with Gasteiger partial charge in [0.2, 0.25) is 0 Å². The molecular weight excluding hydrogens is 108 g/mol. The first-order chi connectivity index (χ1) is 3.31. The van der Waals surface area contributed by atoms with Crippen LogP contribution < -0.4 is 0 Å². The second-order valence-electron chi connectivity index (χ2n) is 1.21. The van der Waals surface area contributed by atoms with Crippen molar-refractivity contribution in [2.75, 3.05) is 0 Å².